The van der Waals surface area contributed by atoms with Crippen LogP contribution >= 0.6 is 11.6 Å². The van der Waals surface area contributed by atoms with Gasteiger partial charge in [0, 0.05) is 11.2 Å². The molecule has 2 aromatic carbocycles. The van der Waals surface area contributed by atoms with Crippen molar-refractivity contribution >= 4 is 23.2 Å². The van der Waals surface area contributed by atoms with Crippen LogP contribution in [-0.4, -0.2) is 21.4 Å². The summed E-state index contributed by atoms with van der Waals surface area (Å²) in [4.78, 5) is 12.2. The third kappa shape index (κ3) is 4.58. The number of halogens is 1. The van der Waals surface area contributed by atoms with Crippen molar-refractivity contribution in [1.82, 2.24) is 15.2 Å². The SMILES string of the molecule is CC(=NNC(=O)c1ccn(Cc2ccc(Cl)cc2)n1)c1ccc(C)cc1. The van der Waals surface area contributed by atoms with Crippen LogP contribution in [0.2, 0.25) is 5.02 Å². The van der Waals surface area contributed by atoms with Crippen molar-refractivity contribution in [2.24, 2.45) is 5.10 Å². The van der Waals surface area contributed by atoms with Crippen LogP contribution in [-0.2, 0) is 6.54 Å². The van der Waals surface area contributed by atoms with E-state index >= 15 is 0 Å². The topological polar surface area (TPSA) is 59.3 Å². The highest BCUT2D eigenvalue weighted by atomic mass is 35.5. The first kappa shape index (κ1) is 17.9. The van der Waals surface area contributed by atoms with E-state index in [0.29, 0.717) is 17.3 Å². The Balaban J connectivity index is 1.63. The number of hydrazone groups is 1. The second kappa shape index (κ2) is 7.97. The van der Waals surface area contributed by atoms with E-state index < -0.39 is 0 Å². The van der Waals surface area contributed by atoms with Crippen LogP contribution in [0.1, 0.15) is 34.1 Å². The number of aryl methyl sites for hydroxylation is 1. The largest absolute Gasteiger partial charge is 0.291 e. The van der Waals surface area contributed by atoms with Crippen molar-refractivity contribution in [3.8, 4) is 0 Å². The molecular weight excluding hydrogens is 348 g/mol. The lowest BCUT2D eigenvalue weighted by atomic mass is 10.1. The fourth-order valence-corrected chi connectivity index (χ4v) is 2.52. The predicted molar refractivity (Wildman–Crippen MR) is 104 cm³/mol. The summed E-state index contributed by atoms with van der Waals surface area (Å²) < 4.78 is 1.70. The number of nitrogens with zero attached hydrogens (tertiary/aromatic N) is 3. The Labute approximate surface area is 157 Å². The standard InChI is InChI=1S/C20H19ClN4O/c1-14-3-7-17(8-4-14)15(2)22-23-20(26)19-11-12-25(24-19)13-16-5-9-18(21)10-6-16/h3-12H,13H2,1-2H3,(H,23,26). The van der Waals surface area contributed by atoms with Crippen LogP contribution in [0.3, 0.4) is 0 Å². The van der Waals surface area contributed by atoms with E-state index in [9.17, 15) is 4.79 Å². The first-order valence-electron chi connectivity index (χ1n) is 8.21. The van der Waals surface area contributed by atoms with Gasteiger partial charge in [0.25, 0.3) is 5.91 Å². The Morgan fingerprint density at radius 1 is 1.12 bits per heavy atom. The number of amides is 1. The van der Waals surface area contributed by atoms with E-state index in [4.69, 9.17) is 11.6 Å². The molecule has 0 saturated carbocycles. The number of carbonyl (C=O) groups excluding carboxylic acids is 1. The number of hydrogen-bond donors (Lipinski definition) is 1. The van der Waals surface area contributed by atoms with Crippen LogP contribution in [0.4, 0.5) is 0 Å². The van der Waals surface area contributed by atoms with Gasteiger partial charge in [-0.3, -0.25) is 9.48 Å². The summed E-state index contributed by atoms with van der Waals surface area (Å²) in [6.45, 7) is 4.44. The van der Waals surface area contributed by atoms with Crippen molar-refractivity contribution in [1.29, 1.82) is 0 Å². The van der Waals surface area contributed by atoms with Crippen molar-refractivity contribution < 1.29 is 4.79 Å². The lowest BCUT2D eigenvalue weighted by molar-refractivity contribution is 0.0949. The number of benzene rings is 2. The lowest BCUT2D eigenvalue weighted by Crippen LogP contribution is -2.20. The van der Waals surface area contributed by atoms with Gasteiger partial charge in [0.05, 0.1) is 12.3 Å². The zero-order valence-corrected chi connectivity index (χ0v) is 15.4. The molecule has 5 nitrogen and oxygen atoms in total. The molecule has 1 amide bonds. The molecule has 1 heterocycles. The molecule has 0 fully saturated rings. The van der Waals surface area contributed by atoms with Gasteiger partial charge in [0.1, 0.15) is 0 Å². The van der Waals surface area contributed by atoms with Gasteiger partial charge in [0.2, 0.25) is 0 Å². The Morgan fingerprint density at radius 3 is 2.50 bits per heavy atom. The third-order valence-electron chi connectivity index (χ3n) is 3.93. The van der Waals surface area contributed by atoms with E-state index in [2.05, 4.69) is 15.6 Å². The number of rotatable bonds is 5. The number of carbonyl (C=O) groups is 1. The van der Waals surface area contributed by atoms with Crippen LogP contribution in [0, 0.1) is 6.92 Å². The quantitative estimate of drug-likeness (QED) is 0.547. The van der Waals surface area contributed by atoms with Crippen molar-refractivity contribution in [2.75, 3.05) is 0 Å². The Morgan fingerprint density at radius 2 is 1.81 bits per heavy atom. The molecule has 0 aliphatic heterocycles. The zero-order valence-electron chi connectivity index (χ0n) is 14.6. The minimum atomic E-state index is -0.341. The fourth-order valence-electron chi connectivity index (χ4n) is 2.40. The van der Waals surface area contributed by atoms with Crippen LogP contribution < -0.4 is 5.43 Å². The minimum Gasteiger partial charge on any atom is -0.268 e. The van der Waals surface area contributed by atoms with Crippen molar-refractivity contribution in [3.05, 3.63) is 88.2 Å². The molecular formula is C20H19ClN4O. The molecule has 1 N–H and O–H groups in total. The van der Waals surface area contributed by atoms with E-state index in [-0.39, 0.29) is 5.91 Å². The van der Waals surface area contributed by atoms with Gasteiger partial charge in [-0.05, 0) is 43.2 Å². The first-order valence-corrected chi connectivity index (χ1v) is 8.58. The van der Waals surface area contributed by atoms with Gasteiger partial charge < -0.3 is 0 Å². The average Bonchev–Trinajstić information content (AvgIpc) is 3.10. The Bertz CT molecular complexity index is 927. The van der Waals surface area contributed by atoms with Gasteiger partial charge in [0.15, 0.2) is 5.69 Å². The highest BCUT2D eigenvalue weighted by Crippen LogP contribution is 2.11. The van der Waals surface area contributed by atoms with Gasteiger partial charge in [-0.25, -0.2) is 5.43 Å². The molecule has 0 radical (unpaired) electrons. The molecule has 0 bridgehead atoms. The van der Waals surface area contributed by atoms with Crippen molar-refractivity contribution in [2.45, 2.75) is 20.4 Å². The molecule has 0 spiro atoms. The van der Waals surface area contributed by atoms with Crippen LogP contribution in [0.25, 0.3) is 0 Å². The van der Waals surface area contributed by atoms with E-state index in [1.165, 1.54) is 5.56 Å². The summed E-state index contributed by atoms with van der Waals surface area (Å²) >= 11 is 5.88. The van der Waals surface area contributed by atoms with Gasteiger partial charge in [-0.1, -0.05) is 53.6 Å². The van der Waals surface area contributed by atoms with Crippen molar-refractivity contribution in [3.63, 3.8) is 0 Å². The summed E-state index contributed by atoms with van der Waals surface area (Å²) in [6.07, 6.45) is 1.76. The molecule has 0 atom stereocenters. The van der Waals surface area contributed by atoms with Gasteiger partial charge >= 0.3 is 0 Å². The lowest BCUT2D eigenvalue weighted by Gasteiger charge is -2.03. The van der Waals surface area contributed by atoms with E-state index in [1.54, 1.807) is 16.9 Å². The van der Waals surface area contributed by atoms with Crippen LogP contribution in [0.5, 0.6) is 0 Å². The number of nitrogens with one attached hydrogen (secondary N) is 1. The number of hydrogen-bond acceptors (Lipinski definition) is 3. The average molecular weight is 367 g/mol. The Hall–Kier alpha value is -2.92. The highest BCUT2D eigenvalue weighted by Gasteiger charge is 2.09. The maximum absolute atomic E-state index is 12.2. The normalized spacial score (nSPS) is 11.4. The molecule has 26 heavy (non-hydrogen) atoms. The first-order chi connectivity index (χ1) is 12.5. The fraction of sp³-hybridized carbons (Fsp3) is 0.150. The highest BCUT2D eigenvalue weighted by molar-refractivity contribution is 6.30. The maximum Gasteiger partial charge on any atom is 0.291 e. The van der Waals surface area contributed by atoms with E-state index in [1.807, 2.05) is 62.4 Å². The van der Waals surface area contributed by atoms with Crippen LogP contribution in [0.15, 0.2) is 65.9 Å². The monoisotopic (exact) mass is 366 g/mol. The minimum absolute atomic E-state index is 0.319. The smallest absolute Gasteiger partial charge is 0.268 e. The van der Waals surface area contributed by atoms with Gasteiger partial charge in [-0.2, -0.15) is 10.2 Å². The molecule has 0 saturated heterocycles. The summed E-state index contributed by atoms with van der Waals surface area (Å²) in [5.41, 5.74) is 6.80. The summed E-state index contributed by atoms with van der Waals surface area (Å²) in [5, 5.41) is 9.14. The molecule has 0 unspecified atom stereocenters. The van der Waals surface area contributed by atoms with Gasteiger partial charge in [-0.15, -0.1) is 0 Å². The molecule has 0 aliphatic rings. The summed E-state index contributed by atoms with van der Waals surface area (Å²) in [7, 11) is 0. The predicted octanol–water partition coefficient (Wildman–Crippen LogP) is 4.05. The second-order valence-corrected chi connectivity index (χ2v) is 6.47. The molecule has 3 aromatic rings. The molecule has 3 rings (SSSR count). The molecule has 6 heteroatoms. The molecule has 132 valence electrons. The third-order valence-corrected chi connectivity index (χ3v) is 4.18. The van der Waals surface area contributed by atoms with E-state index in [0.717, 1.165) is 16.8 Å². The molecule has 1 aromatic heterocycles. The molecule has 0 aliphatic carbocycles. The number of aromatic nitrogens is 2. The summed E-state index contributed by atoms with van der Waals surface area (Å²) in [5.74, 6) is -0.341. The Kier molecular flexibility index (Phi) is 5.49. The summed E-state index contributed by atoms with van der Waals surface area (Å²) in [6, 6.07) is 17.2. The maximum atomic E-state index is 12.2. The second-order valence-electron chi connectivity index (χ2n) is 6.03. The zero-order chi connectivity index (χ0) is 18.5.